The minimum atomic E-state index is -0.369. The smallest absolute Gasteiger partial charge is 0.320 e. The maximum absolute atomic E-state index is 12.5. The summed E-state index contributed by atoms with van der Waals surface area (Å²) >= 11 is 3.43. The Morgan fingerprint density at radius 1 is 1.32 bits per heavy atom. The zero-order chi connectivity index (χ0) is 20.1. The lowest BCUT2D eigenvalue weighted by atomic mass is 10.2. The van der Waals surface area contributed by atoms with Crippen molar-refractivity contribution in [3.8, 4) is 11.5 Å². The molecule has 9 heteroatoms. The van der Waals surface area contributed by atoms with E-state index in [1.54, 1.807) is 16.9 Å². The fraction of sp³-hybridized carbons (Fsp3) is 0.368. The molecule has 0 fully saturated rings. The number of anilines is 1. The summed E-state index contributed by atoms with van der Waals surface area (Å²) in [6, 6.07) is 8.66. The summed E-state index contributed by atoms with van der Waals surface area (Å²) < 4.78 is 8.06. The standard InChI is InChI=1S/C19H23BrN6O2/c1-4-15(17-24-18(28-25-17)13-6-5-7-14(20)10-13)22-19(27)23-16-8-9-21-26(16)11-12(2)3/h5-10,12,15H,4,11H2,1-3H3,(H2,22,23,27)/t15-/m1/s1. The van der Waals surface area contributed by atoms with Crippen molar-refractivity contribution in [2.45, 2.75) is 39.8 Å². The minimum Gasteiger partial charge on any atom is -0.334 e. The monoisotopic (exact) mass is 446 g/mol. The second-order valence-electron chi connectivity index (χ2n) is 6.82. The number of nitrogens with zero attached hydrogens (tertiary/aromatic N) is 4. The Hall–Kier alpha value is -2.68. The van der Waals surface area contributed by atoms with Crippen LogP contribution in [0.5, 0.6) is 0 Å². The van der Waals surface area contributed by atoms with Crippen molar-refractivity contribution in [2.24, 2.45) is 5.92 Å². The van der Waals surface area contributed by atoms with Crippen molar-refractivity contribution >= 4 is 27.8 Å². The van der Waals surface area contributed by atoms with Crippen LogP contribution in [0.25, 0.3) is 11.5 Å². The van der Waals surface area contributed by atoms with E-state index in [0.29, 0.717) is 29.9 Å². The number of halogens is 1. The Bertz CT molecular complexity index is 936. The summed E-state index contributed by atoms with van der Waals surface area (Å²) in [4.78, 5) is 16.9. The van der Waals surface area contributed by atoms with Gasteiger partial charge in [-0.1, -0.05) is 47.9 Å². The first-order valence-electron chi connectivity index (χ1n) is 9.15. The summed E-state index contributed by atoms with van der Waals surface area (Å²) in [5.41, 5.74) is 0.810. The molecule has 0 aliphatic carbocycles. The predicted octanol–water partition coefficient (Wildman–Crippen LogP) is 4.62. The molecule has 28 heavy (non-hydrogen) atoms. The van der Waals surface area contributed by atoms with Gasteiger partial charge < -0.3 is 9.84 Å². The van der Waals surface area contributed by atoms with Crippen molar-refractivity contribution < 1.29 is 9.32 Å². The third-order valence-corrected chi connectivity index (χ3v) is 4.53. The molecular formula is C19H23BrN6O2. The molecule has 0 bridgehead atoms. The van der Waals surface area contributed by atoms with Crippen LogP contribution in [0, 0.1) is 5.92 Å². The lowest BCUT2D eigenvalue weighted by Crippen LogP contribution is -2.33. The molecule has 0 aliphatic rings. The van der Waals surface area contributed by atoms with Gasteiger partial charge >= 0.3 is 6.03 Å². The predicted molar refractivity (Wildman–Crippen MR) is 110 cm³/mol. The Morgan fingerprint density at radius 2 is 2.14 bits per heavy atom. The van der Waals surface area contributed by atoms with Crippen LogP contribution in [0.2, 0.25) is 0 Å². The summed E-state index contributed by atoms with van der Waals surface area (Å²) in [5, 5.41) is 14.0. The fourth-order valence-corrected chi connectivity index (χ4v) is 3.10. The summed E-state index contributed by atoms with van der Waals surface area (Å²) in [5.74, 6) is 1.90. The average molecular weight is 447 g/mol. The Balaban J connectivity index is 1.67. The number of carbonyl (C=O) groups excluding carboxylic acids is 1. The second-order valence-corrected chi connectivity index (χ2v) is 7.74. The van der Waals surface area contributed by atoms with Gasteiger partial charge in [0.1, 0.15) is 5.82 Å². The van der Waals surface area contributed by atoms with Crippen molar-refractivity contribution in [2.75, 3.05) is 5.32 Å². The van der Waals surface area contributed by atoms with E-state index in [2.05, 4.69) is 55.7 Å². The number of rotatable bonds is 7. The molecule has 8 nitrogen and oxygen atoms in total. The lowest BCUT2D eigenvalue weighted by Gasteiger charge is -2.15. The molecule has 0 aliphatic heterocycles. The van der Waals surface area contributed by atoms with E-state index in [0.717, 1.165) is 16.6 Å². The first-order chi connectivity index (χ1) is 13.5. The van der Waals surface area contributed by atoms with Crippen LogP contribution in [-0.2, 0) is 6.54 Å². The highest BCUT2D eigenvalue weighted by Crippen LogP contribution is 2.23. The van der Waals surface area contributed by atoms with Gasteiger partial charge in [0.2, 0.25) is 0 Å². The molecule has 148 valence electrons. The van der Waals surface area contributed by atoms with Gasteiger partial charge in [0.05, 0.1) is 12.2 Å². The van der Waals surface area contributed by atoms with Crippen LogP contribution in [0.15, 0.2) is 45.5 Å². The summed E-state index contributed by atoms with van der Waals surface area (Å²) in [6.45, 7) is 6.86. The number of hydrogen-bond acceptors (Lipinski definition) is 5. The van der Waals surface area contributed by atoms with E-state index in [1.165, 1.54) is 0 Å². The molecule has 3 rings (SSSR count). The molecule has 0 spiro atoms. The number of hydrogen-bond donors (Lipinski definition) is 2. The molecular weight excluding hydrogens is 424 g/mol. The summed E-state index contributed by atoms with van der Waals surface area (Å²) in [6.07, 6.45) is 2.29. The van der Waals surface area contributed by atoms with Crippen LogP contribution in [0.4, 0.5) is 10.6 Å². The SMILES string of the molecule is CC[C@@H](NC(=O)Nc1ccnn1CC(C)C)c1noc(-c2cccc(Br)c2)n1. The normalized spacial score (nSPS) is 12.2. The molecule has 0 saturated heterocycles. The van der Waals surface area contributed by atoms with E-state index in [-0.39, 0.29) is 12.1 Å². The molecule has 1 atom stereocenters. The van der Waals surface area contributed by atoms with Gasteiger partial charge in [-0.3, -0.25) is 5.32 Å². The molecule has 3 aromatic rings. The Labute approximate surface area is 171 Å². The van der Waals surface area contributed by atoms with Crippen LogP contribution < -0.4 is 10.6 Å². The first kappa shape index (κ1) is 20.1. The van der Waals surface area contributed by atoms with E-state index in [9.17, 15) is 4.79 Å². The molecule has 0 saturated carbocycles. The van der Waals surface area contributed by atoms with E-state index in [4.69, 9.17) is 4.52 Å². The zero-order valence-corrected chi connectivity index (χ0v) is 17.6. The molecule has 2 amide bonds. The second kappa shape index (κ2) is 9.01. The quantitative estimate of drug-likeness (QED) is 0.551. The van der Waals surface area contributed by atoms with Crippen LogP contribution in [0.1, 0.15) is 39.1 Å². The van der Waals surface area contributed by atoms with Gasteiger partial charge in [0, 0.05) is 22.6 Å². The highest BCUT2D eigenvalue weighted by molar-refractivity contribution is 9.10. The number of urea groups is 1. The third kappa shape index (κ3) is 4.98. The fourth-order valence-electron chi connectivity index (χ4n) is 2.71. The first-order valence-corrected chi connectivity index (χ1v) is 9.94. The molecule has 0 radical (unpaired) electrons. The minimum absolute atomic E-state index is 0.342. The number of amides is 2. The van der Waals surface area contributed by atoms with E-state index in [1.807, 2.05) is 31.2 Å². The van der Waals surface area contributed by atoms with Gasteiger partial charge in [-0.25, -0.2) is 9.48 Å². The molecule has 2 N–H and O–H groups in total. The Morgan fingerprint density at radius 3 is 2.86 bits per heavy atom. The highest BCUT2D eigenvalue weighted by Gasteiger charge is 2.20. The van der Waals surface area contributed by atoms with Crippen molar-refractivity contribution in [3.05, 3.63) is 46.8 Å². The van der Waals surface area contributed by atoms with Gasteiger partial charge in [-0.05, 0) is 30.5 Å². The zero-order valence-electron chi connectivity index (χ0n) is 16.0. The van der Waals surface area contributed by atoms with Crippen LogP contribution >= 0.6 is 15.9 Å². The summed E-state index contributed by atoms with van der Waals surface area (Å²) in [7, 11) is 0. The van der Waals surface area contributed by atoms with Gasteiger partial charge in [-0.2, -0.15) is 10.1 Å². The van der Waals surface area contributed by atoms with Crippen molar-refractivity contribution in [1.29, 1.82) is 0 Å². The van der Waals surface area contributed by atoms with Gasteiger partial charge in [0.25, 0.3) is 5.89 Å². The van der Waals surface area contributed by atoms with Crippen LogP contribution in [0.3, 0.4) is 0 Å². The van der Waals surface area contributed by atoms with Gasteiger partial charge in [-0.15, -0.1) is 0 Å². The van der Waals surface area contributed by atoms with Gasteiger partial charge in [0.15, 0.2) is 5.82 Å². The number of benzene rings is 1. The Kier molecular flexibility index (Phi) is 6.45. The third-order valence-electron chi connectivity index (χ3n) is 4.03. The largest absolute Gasteiger partial charge is 0.334 e. The topological polar surface area (TPSA) is 97.9 Å². The van der Waals surface area contributed by atoms with E-state index < -0.39 is 0 Å². The lowest BCUT2D eigenvalue weighted by molar-refractivity contribution is 0.247. The molecule has 2 heterocycles. The number of carbonyl (C=O) groups is 1. The number of nitrogens with one attached hydrogen (secondary N) is 2. The van der Waals surface area contributed by atoms with Crippen molar-refractivity contribution in [3.63, 3.8) is 0 Å². The average Bonchev–Trinajstić information content (AvgIpc) is 3.29. The van der Waals surface area contributed by atoms with Crippen LogP contribution in [-0.4, -0.2) is 26.0 Å². The highest BCUT2D eigenvalue weighted by atomic mass is 79.9. The number of aromatic nitrogens is 4. The van der Waals surface area contributed by atoms with Crippen molar-refractivity contribution in [1.82, 2.24) is 25.2 Å². The van der Waals surface area contributed by atoms with E-state index >= 15 is 0 Å². The maximum Gasteiger partial charge on any atom is 0.320 e. The maximum atomic E-state index is 12.5. The molecule has 1 aromatic carbocycles. The molecule has 2 aromatic heterocycles. The molecule has 0 unspecified atom stereocenters.